The molecular formula is C18H20O3. The van der Waals surface area contributed by atoms with Crippen LogP contribution in [0.1, 0.15) is 49.7 Å². The molecule has 0 heterocycles. The van der Waals surface area contributed by atoms with E-state index in [0.29, 0.717) is 24.5 Å². The maximum absolute atomic E-state index is 12.7. The molecule has 0 saturated heterocycles. The Bertz CT molecular complexity index is 648. The number of phenols is 1. The fraction of sp³-hybridized carbons (Fsp3) is 0.556. The Morgan fingerprint density at radius 3 is 2.76 bits per heavy atom. The number of aromatic hydroxyl groups is 1. The van der Waals surface area contributed by atoms with Gasteiger partial charge in [0.1, 0.15) is 17.3 Å². The highest BCUT2D eigenvalue weighted by Crippen LogP contribution is 2.58. The summed E-state index contributed by atoms with van der Waals surface area (Å²) in [6.45, 7) is 1.89. The molecule has 3 aliphatic carbocycles. The molecule has 3 nitrogen and oxygen atoms in total. The van der Waals surface area contributed by atoms with Crippen molar-refractivity contribution in [3.8, 4) is 5.75 Å². The van der Waals surface area contributed by atoms with Crippen molar-refractivity contribution in [1.29, 1.82) is 0 Å². The number of rotatable bonds is 0. The summed E-state index contributed by atoms with van der Waals surface area (Å²) in [5, 5.41) is 9.65. The third kappa shape index (κ3) is 1.60. The van der Waals surface area contributed by atoms with Gasteiger partial charge < -0.3 is 5.11 Å². The second-order valence-corrected chi connectivity index (χ2v) is 7.09. The summed E-state index contributed by atoms with van der Waals surface area (Å²) < 4.78 is 0. The molecule has 21 heavy (non-hydrogen) atoms. The molecule has 2 fully saturated rings. The Labute approximate surface area is 124 Å². The predicted molar refractivity (Wildman–Crippen MR) is 78.1 cm³/mol. The molecule has 1 aromatic rings. The maximum atomic E-state index is 12.7. The van der Waals surface area contributed by atoms with Gasteiger partial charge in [0.15, 0.2) is 0 Å². The van der Waals surface area contributed by atoms with E-state index in [2.05, 4.69) is 0 Å². The average Bonchev–Trinajstić information content (AvgIpc) is 2.77. The molecule has 2 saturated carbocycles. The molecule has 0 bridgehead atoms. The lowest BCUT2D eigenvalue weighted by atomic mass is 9.55. The average molecular weight is 284 g/mol. The normalized spacial score (nSPS) is 37.9. The summed E-state index contributed by atoms with van der Waals surface area (Å²) in [4.78, 5) is 24.9. The second kappa shape index (κ2) is 4.19. The van der Waals surface area contributed by atoms with E-state index in [-0.39, 0.29) is 23.4 Å². The summed E-state index contributed by atoms with van der Waals surface area (Å²) in [5.41, 5.74) is 1.69. The molecule has 0 spiro atoms. The fourth-order valence-corrected chi connectivity index (χ4v) is 5.13. The molecule has 4 rings (SSSR count). The van der Waals surface area contributed by atoms with Crippen LogP contribution in [-0.4, -0.2) is 16.7 Å². The summed E-state index contributed by atoms with van der Waals surface area (Å²) in [5.74, 6) is 1.50. The van der Waals surface area contributed by atoms with Crippen LogP contribution in [0.25, 0.3) is 0 Å². The highest BCUT2D eigenvalue weighted by Gasteiger charge is 2.59. The number of phenolic OH excluding ortho intramolecular Hbond substituents is 1. The van der Waals surface area contributed by atoms with Crippen molar-refractivity contribution in [3.05, 3.63) is 29.3 Å². The van der Waals surface area contributed by atoms with Crippen LogP contribution in [0.5, 0.6) is 5.75 Å². The number of carbonyl (C=O) groups is 2. The minimum Gasteiger partial charge on any atom is -0.508 e. The maximum Gasteiger partial charge on any atom is 0.147 e. The number of hydrogen-bond donors (Lipinski definition) is 1. The number of aryl methyl sites for hydroxylation is 1. The van der Waals surface area contributed by atoms with Crippen LogP contribution < -0.4 is 0 Å². The highest BCUT2D eigenvalue weighted by molar-refractivity contribution is 6.09. The SMILES string of the molecule is C[C@@]12C(=O)CC[C@H]1[C@@H]1CCc3cc(O)ccc3[C@H]1CC2=O. The van der Waals surface area contributed by atoms with E-state index in [9.17, 15) is 14.7 Å². The first-order valence-electron chi connectivity index (χ1n) is 7.90. The molecule has 1 N–H and O–H groups in total. The molecular weight excluding hydrogens is 264 g/mol. The Morgan fingerprint density at radius 1 is 1.14 bits per heavy atom. The van der Waals surface area contributed by atoms with Gasteiger partial charge >= 0.3 is 0 Å². The van der Waals surface area contributed by atoms with E-state index >= 15 is 0 Å². The number of carbonyl (C=O) groups excluding carboxylic acids is 2. The first-order valence-corrected chi connectivity index (χ1v) is 7.90. The summed E-state index contributed by atoms with van der Waals surface area (Å²) >= 11 is 0. The second-order valence-electron chi connectivity index (χ2n) is 7.09. The van der Waals surface area contributed by atoms with E-state index in [1.807, 2.05) is 19.1 Å². The van der Waals surface area contributed by atoms with E-state index in [1.54, 1.807) is 6.07 Å². The van der Waals surface area contributed by atoms with Gasteiger partial charge in [-0.3, -0.25) is 9.59 Å². The minimum atomic E-state index is -0.713. The first kappa shape index (κ1) is 13.1. The van der Waals surface area contributed by atoms with Gasteiger partial charge in [0.05, 0.1) is 5.41 Å². The molecule has 110 valence electrons. The quantitative estimate of drug-likeness (QED) is 0.745. The lowest BCUT2D eigenvalue weighted by molar-refractivity contribution is -0.145. The van der Waals surface area contributed by atoms with E-state index < -0.39 is 5.41 Å². The Hall–Kier alpha value is -1.64. The monoisotopic (exact) mass is 284 g/mol. The van der Waals surface area contributed by atoms with Crippen molar-refractivity contribution in [1.82, 2.24) is 0 Å². The number of benzene rings is 1. The van der Waals surface area contributed by atoms with Gasteiger partial charge in [-0.05, 0) is 67.2 Å². The van der Waals surface area contributed by atoms with Crippen molar-refractivity contribution in [2.24, 2.45) is 17.3 Å². The van der Waals surface area contributed by atoms with Crippen LogP contribution in [0.15, 0.2) is 18.2 Å². The van der Waals surface area contributed by atoms with Gasteiger partial charge in [-0.2, -0.15) is 0 Å². The van der Waals surface area contributed by atoms with Gasteiger partial charge in [-0.25, -0.2) is 0 Å². The van der Waals surface area contributed by atoms with Crippen LogP contribution >= 0.6 is 0 Å². The molecule has 0 radical (unpaired) electrons. The lowest BCUT2D eigenvalue weighted by Crippen LogP contribution is -2.48. The van der Waals surface area contributed by atoms with Gasteiger partial charge in [-0.1, -0.05) is 6.07 Å². The molecule has 0 unspecified atom stereocenters. The zero-order valence-electron chi connectivity index (χ0n) is 12.3. The van der Waals surface area contributed by atoms with Gasteiger partial charge in [0, 0.05) is 12.8 Å². The number of Topliss-reactive ketones (excluding diaryl/α,β-unsaturated/α-hetero) is 2. The van der Waals surface area contributed by atoms with Crippen LogP contribution in [0, 0.1) is 17.3 Å². The Morgan fingerprint density at radius 2 is 1.95 bits per heavy atom. The van der Waals surface area contributed by atoms with Gasteiger partial charge in [-0.15, -0.1) is 0 Å². The molecule has 0 aliphatic heterocycles. The predicted octanol–water partition coefficient (Wildman–Crippen LogP) is 3.00. The van der Waals surface area contributed by atoms with Crippen LogP contribution in [0.2, 0.25) is 0 Å². The van der Waals surface area contributed by atoms with Crippen molar-refractivity contribution >= 4 is 11.6 Å². The molecule has 3 heteroatoms. The van der Waals surface area contributed by atoms with Crippen LogP contribution in [0.3, 0.4) is 0 Å². The standard InChI is InChI=1S/C18H20O3/c1-18-15(6-7-16(18)20)13-4-2-10-8-11(19)3-5-12(10)14(13)9-17(18)21/h3,5,8,13-15,19H,2,4,6-7,9H2,1H3/t13-,14-,15+,18+/m1/s1. The molecule has 3 aliphatic rings. The molecule has 1 aromatic carbocycles. The van der Waals surface area contributed by atoms with Crippen molar-refractivity contribution in [2.75, 3.05) is 0 Å². The van der Waals surface area contributed by atoms with E-state index in [1.165, 1.54) is 11.1 Å². The zero-order chi connectivity index (χ0) is 14.8. The van der Waals surface area contributed by atoms with E-state index in [4.69, 9.17) is 0 Å². The largest absolute Gasteiger partial charge is 0.508 e. The Balaban J connectivity index is 1.78. The topological polar surface area (TPSA) is 54.4 Å². The number of ketones is 2. The summed E-state index contributed by atoms with van der Waals surface area (Å²) in [6, 6.07) is 5.54. The summed E-state index contributed by atoms with van der Waals surface area (Å²) in [7, 11) is 0. The number of fused-ring (bicyclic) bond motifs is 5. The summed E-state index contributed by atoms with van der Waals surface area (Å²) in [6.07, 6.45) is 3.90. The lowest BCUT2D eigenvalue weighted by Gasteiger charge is -2.47. The molecule has 4 atom stereocenters. The van der Waals surface area contributed by atoms with Crippen molar-refractivity contribution in [2.45, 2.75) is 44.9 Å². The smallest absolute Gasteiger partial charge is 0.147 e. The Kier molecular flexibility index (Phi) is 2.60. The van der Waals surface area contributed by atoms with Crippen molar-refractivity contribution in [3.63, 3.8) is 0 Å². The van der Waals surface area contributed by atoms with Crippen LogP contribution in [0.4, 0.5) is 0 Å². The fourth-order valence-electron chi connectivity index (χ4n) is 5.13. The van der Waals surface area contributed by atoms with Crippen molar-refractivity contribution < 1.29 is 14.7 Å². The van der Waals surface area contributed by atoms with E-state index in [0.717, 1.165) is 19.3 Å². The zero-order valence-corrected chi connectivity index (χ0v) is 12.3. The van der Waals surface area contributed by atoms with Gasteiger partial charge in [0.25, 0.3) is 0 Å². The third-order valence-corrected chi connectivity index (χ3v) is 6.29. The minimum absolute atomic E-state index is 0.136. The first-order chi connectivity index (χ1) is 10.0. The molecule has 0 aromatic heterocycles. The number of hydrogen-bond acceptors (Lipinski definition) is 3. The third-order valence-electron chi connectivity index (χ3n) is 6.29. The molecule has 0 amide bonds. The van der Waals surface area contributed by atoms with Gasteiger partial charge in [0.2, 0.25) is 0 Å². The van der Waals surface area contributed by atoms with Crippen LogP contribution in [-0.2, 0) is 16.0 Å². The highest BCUT2D eigenvalue weighted by atomic mass is 16.3.